The second-order valence-electron chi connectivity index (χ2n) is 5.79. The summed E-state index contributed by atoms with van der Waals surface area (Å²) in [7, 11) is 1.86. The third kappa shape index (κ3) is 4.35. The number of esters is 1. The number of aryl methyl sites for hydroxylation is 1. The molecule has 0 amide bonds. The van der Waals surface area contributed by atoms with Gasteiger partial charge in [-0.05, 0) is 37.7 Å². The van der Waals surface area contributed by atoms with Crippen molar-refractivity contribution in [3.05, 3.63) is 53.9 Å². The topological polar surface area (TPSA) is 68.2 Å². The molecule has 0 aliphatic carbocycles. The molecular weight excluding hydrogens is 380 g/mol. The van der Waals surface area contributed by atoms with Crippen molar-refractivity contribution in [1.82, 2.24) is 9.78 Å². The molecule has 0 radical (unpaired) electrons. The van der Waals surface area contributed by atoms with Gasteiger partial charge >= 0.3 is 5.97 Å². The Kier molecular flexibility index (Phi) is 5.88. The van der Waals surface area contributed by atoms with Crippen LogP contribution in [0.15, 0.2) is 42.6 Å². The monoisotopic (exact) mass is 400 g/mol. The lowest BCUT2D eigenvalue weighted by molar-refractivity contribution is 0.0528. The van der Waals surface area contributed by atoms with Crippen LogP contribution in [0.4, 0.5) is 10.7 Å². The summed E-state index contributed by atoms with van der Waals surface area (Å²) < 4.78 is 6.95. The highest BCUT2D eigenvalue weighted by molar-refractivity contribution is 7.80. The van der Waals surface area contributed by atoms with E-state index < -0.39 is 0 Å². The summed E-state index contributed by atoms with van der Waals surface area (Å²) in [5, 5.41) is 11.5. The van der Waals surface area contributed by atoms with Gasteiger partial charge in [-0.3, -0.25) is 4.68 Å². The maximum absolute atomic E-state index is 12.4. The lowest BCUT2D eigenvalue weighted by Crippen LogP contribution is -2.20. The summed E-state index contributed by atoms with van der Waals surface area (Å²) >= 11 is 6.87. The second kappa shape index (κ2) is 8.32. The van der Waals surface area contributed by atoms with E-state index in [4.69, 9.17) is 17.0 Å². The van der Waals surface area contributed by atoms with Crippen LogP contribution in [0.3, 0.4) is 0 Å². The number of thiocarbonyl (C=S) groups is 1. The van der Waals surface area contributed by atoms with Crippen molar-refractivity contribution >= 4 is 45.3 Å². The summed E-state index contributed by atoms with van der Waals surface area (Å²) in [5.41, 5.74) is 3.27. The van der Waals surface area contributed by atoms with Crippen molar-refractivity contribution in [2.75, 3.05) is 17.2 Å². The molecule has 0 saturated carbocycles. The van der Waals surface area contributed by atoms with Gasteiger partial charge < -0.3 is 15.4 Å². The first-order valence-corrected chi connectivity index (χ1v) is 9.65. The smallest absolute Gasteiger partial charge is 0.341 e. The number of benzene rings is 1. The van der Waals surface area contributed by atoms with E-state index in [2.05, 4.69) is 15.7 Å². The molecule has 2 N–H and O–H groups in total. The van der Waals surface area contributed by atoms with Gasteiger partial charge in [-0.1, -0.05) is 30.3 Å². The Hall–Kier alpha value is -2.71. The molecule has 1 aromatic carbocycles. The number of nitrogens with one attached hydrogen (secondary N) is 2. The van der Waals surface area contributed by atoms with E-state index in [1.165, 1.54) is 11.3 Å². The van der Waals surface area contributed by atoms with Crippen molar-refractivity contribution < 1.29 is 9.53 Å². The minimum Gasteiger partial charge on any atom is -0.462 e. The fraction of sp³-hybridized carbons (Fsp3) is 0.211. The molecule has 0 saturated heterocycles. The fourth-order valence-electron chi connectivity index (χ4n) is 2.47. The Morgan fingerprint density at radius 2 is 2.04 bits per heavy atom. The molecule has 0 fully saturated rings. The van der Waals surface area contributed by atoms with Gasteiger partial charge in [-0.15, -0.1) is 11.3 Å². The third-order valence-corrected chi connectivity index (χ3v) is 5.30. The molecule has 140 valence electrons. The molecule has 0 aliphatic heterocycles. The predicted octanol–water partition coefficient (Wildman–Crippen LogP) is 4.44. The van der Waals surface area contributed by atoms with Crippen molar-refractivity contribution in [1.29, 1.82) is 0 Å². The number of carbonyl (C=O) groups excluding carboxylic acids is 1. The zero-order valence-electron chi connectivity index (χ0n) is 15.3. The summed E-state index contributed by atoms with van der Waals surface area (Å²) in [6.45, 7) is 4.04. The van der Waals surface area contributed by atoms with Crippen molar-refractivity contribution in [2.24, 2.45) is 7.05 Å². The van der Waals surface area contributed by atoms with Gasteiger partial charge in [0.15, 0.2) is 5.11 Å². The van der Waals surface area contributed by atoms with E-state index >= 15 is 0 Å². The number of aromatic nitrogens is 2. The first kappa shape index (κ1) is 19.1. The standard InChI is InChI=1S/C19H20N4O2S2/c1-4-25-18(24)14-10-16(13-8-6-5-7-9-13)27-17(14)22-19(26)21-15-11-20-23(3)12(15)2/h5-11H,4H2,1-3H3,(H2,21,22,26). The Morgan fingerprint density at radius 3 is 2.67 bits per heavy atom. The van der Waals surface area contributed by atoms with Gasteiger partial charge in [0.25, 0.3) is 0 Å². The zero-order valence-corrected chi connectivity index (χ0v) is 16.9. The Balaban J connectivity index is 1.86. The van der Waals surface area contributed by atoms with Gasteiger partial charge in [0.2, 0.25) is 0 Å². The lowest BCUT2D eigenvalue weighted by atomic mass is 10.1. The van der Waals surface area contributed by atoms with Crippen LogP contribution in [-0.2, 0) is 11.8 Å². The first-order valence-electron chi connectivity index (χ1n) is 8.42. The first-order chi connectivity index (χ1) is 13.0. The number of hydrogen-bond acceptors (Lipinski definition) is 5. The number of hydrogen-bond donors (Lipinski definition) is 2. The fourth-order valence-corrected chi connectivity index (χ4v) is 3.80. The maximum atomic E-state index is 12.4. The molecule has 2 heterocycles. The SMILES string of the molecule is CCOC(=O)c1cc(-c2ccccc2)sc1NC(=S)Nc1cnn(C)c1C. The maximum Gasteiger partial charge on any atom is 0.341 e. The third-order valence-electron chi connectivity index (χ3n) is 4.00. The van der Waals surface area contributed by atoms with Crippen LogP contribution in [-0.4, -0.2) is 27.5 Å². The number of carbonyl (C=O) groups is 1. The van der Waals surface area contributed by atoms with Gasteiger partial charge in [-0.25, -0.2) is 4.79 Å². The molecule has 6 nitrogen and oxygen atoms in total. The largest absolute Gasteiger partial charge is 0.462 e. The van der Waals surface area contributed by atoms with Crippen LogP contribution in [0, 0.1) is 6.92 Å². The van der Waals surface area contributed by atoms with Crippen LogP contribution in [0.1, 0.15) is 23.0 Å². The number of thiophene rings is 1. The average molecular weight is 401 g/mol. The Morgan fingerprint density at radius 1 is 1.30 bits per heavy atom. The van der Waals surface area contributed by atoms with Gasteiger partial charge in [0, 0.05) is 11.9 Å². The van der Waals surface area contributed by atoms with E-state index in [-0.39, 0.29) is 5.97 Å². The lowest BCUT2D eigenvalue weighted by Gasteiger charge is -2.10. The molecule has 0 unspecified atom stereocenters. The molecule has 8 heteroatoms. The van der Waals surface area contributed by atoms with Crippen molar-refractivity contribution in [3.63, 3.8) is 0 Å². The van der Waals surface area contributed by atoms with Crippen molar-refractivity contribution in [3.8, 4) is 10.4 Å². The van der Waals surface area contributed by atoms with Gasteiger partial charge in [0.1, 0.15) is 5.00 Å². The quantitative estimate of drug-likeness (QED) is 0.487. The summed E-state index contributed by atoms with van der Waals surface area (Å²) in [5.74, 6) is -0.376. The number of nitrogens with zero attached hydrogens (tertiary/aromatic N) is 2. The number of ether oxygens (including phenoxy) is 1. The molecule has 0 spiro atoms. The Bertz CT molecular complexity index is 964. The highest BCUT2D eigenvalue weighted by Crippen LogP contribution is 2.36. The van der Waals surface area contributed by atoms with Crippen LogP contribution >= 0.6 is 23.6 Å². The normalized spacial score (nSPS) is 10.5. The van der Waals surface area contributed by atoms with E-state index in [0.717, 1.165) is 21.8 Å². The molecular formula is C19H20N4O2S2. The summed E-state index contributed by atoms with van der Waals surface area (Å²) in [6.07, 6.45) is 1.71. The van der Waals surface area contributed by atoms with Gasteiger partial charge in [-0.2, -0.15) is 5.10 Å². The van der Waals surface area contributed by atoms with E-state index in [1.807, 2.05) is 50.4 Å². The minimum atomic E-state index is -0.376. The molecule has 0 bridgehead atoms. The van der Waals surface area contributed by atoms with Crippen LogP contribution in [0.5, 0.6) is 0 Å². The van der Waals surface area contributed by atoms with Crippen LogP contribution < -0.4 is 10.6 Å². The van der Waals surface area contributed by atoms with Crippen LogP contribution in [0.25, 0.3) is 10.4 Å². The number of rotatable bonds is 5. The van der Waals surface area contributed by atoms with Crippen LogP contribution in [0.2, 0.25) is 0 Å². The molecule has 3 rings (SSSR count). The minimum absolute atomic E-state index is 0.312. The van der Waals surface area contributed by atoms with E-state index in [0.29, 0.717) is 22.3 Å². The molecule has 2 aromatic heterocycles. The van der Waals surface area contributed by atoms with Crippen molar-refractivity contribution in [2.45, 2.75) is 13.8 Å². The summed E-state index contributed by atoms with van der Waals surface area (Å²) in [6, 6.07) is 11.7. The van der Waals surface area contributed by atoms with E-state index in [1.54, 1.807) is 17.8 Å². The zero-order chi connectivity index (χ0) is 19.4. The molecule has 3 aromatic rings. The Labute approximate surface area is 167 Å². The number of anilines is 2. The van der Waals surface area contributed by atoms with Gasteiger partial charge in [0.05, 0.1) is 29.7 Å². The predicted molar refractivity (Wildman–Crippen MR) is 113 cm³/mol. The highest BCUT2D eigenvalue weighted by atomic mass is 32.1. The summed E-state index contributed by atoms with van der Waals surface area (Å²) in [4.78, 5) is 13.3. The molecule has 0 atom stereocenters. The second-order valence-corrected chi connectivity index (χ2v) is 7.25. The molecule has 0 aliphatic rings. The van der Waals surface area contributed by atoms with E-state index in [9.17, 15) is 4.79 Å². The highest BCUT2D eigenvalue weighted by Gasteiger charge is 2.19. The average Bonchev–Trinajstić information content (AvgIpc) is 3.21. The molecule has 27 heavy (non-hydrogen) atoms.